The summed E-state index contributed by atoms with van der Waals surface area (Å²) in [6.07, 6.45) is 5.91. The van der Waals surface area contributed by atoms with Crippen LogP contribution < -0.4 is 5.32 Å². The van der Waals surface area contributed by atoms with Crippen LogP contribution in [0.4, 0.5) is 5.69 Å². The summed E-state index contributed by atoms with van der Waals surface area (Å²) in [5.74, 6) is 0.664. The SMILES string of the molecule is O=C(CCn1cccc1)Nc1cccc(-c2ccno2)c1. The number of rotatable bonds is 5. The average Bonchev–Trinajstić information content (AvgIpc) is 3.19. The lowest BCUT2D eigenvalue weighted by atomic mass is 10.1. The van der Waals surface area contributed by atoms with Gasteiger partial charge in [-0.05, 0) is 24.3 Å². The molecular formula is C16H15N3O2. The first-order valence-electron chi connectivity index (χ1n) is 6.73. The molecule has 1 aromatic carbocycles. The quantitative estimate of drug-likeness (QED) is 0.781. The molecule has 0 saturated heterocycles. The van der Waals surface area contributed by atoms with Gasteiger partial charge >= 0.3 is 0 Å². The molecule has 21 heavy (non-hydrogen) atoms. The maximum absolute atomic E-state index is 11.9. The van der Waals surface area contributed by atoms with Crippen molar-refractivity contribution in [3.05, 3.63) is 61.1 Å². The smallest absolute Gasteiger partial charge is 0.226 e. The van der Waals surface area contributed by atoms with Crippen LogP contribution in [0.2, 0.25) is 0 Å². The molecule has 2 aromatic heterocycles. The number of benzene rings is 1. The summed E-state index contributed by atoms with van der Waals surface area (Å²) in [5.41, 5.74) is 1.64. The number of aryl methyl sites for hydroxylation is 1. The van der Waals surface area contributed by atoms with Crippen molar-refractivity contribution in [1.82, 2.24) is 9.72 Å². The second-order valence-electron chi connectivity index (χ2n) is 4.68. The van der Waals surface area contributed by atoms with Crippen LogP contribution in [-0.2, 0) is 11.3 Å². The Morgan fingerprint density at radius 1 is 1.19 bits per heavy atom. The lowest BCUT2D eigenvalue weighted by molar-refractivity contribution is -0.116. The Balaban J connectivity index is 1.62. The Morgan fingerprint density at radius 2 is 2.05 bits per heavy atom. The maximum atomic E-state index is 11.9. The highest BCUT2D eigenvalue weighted by Crippen LogP contribution is 2.22. The van der Waals surface area contributed by atoms with Crippen LogP contribution in [0.1, 0.15) is 6.42 Å². The van der Waals surface area contributed by atoms with Gasteiger partial charge in [0.2, 0.25) is 5.91 Å². The highest BCUT2D eigenvalue weighted by molar-refractivity contribution is 5.91. The van der Waals surface area contributed by atoms with Gasteiger partial charge in [-0.15, -0.1) is 0 Å². The summed E-state index contributed by atoms with van der Waals surface area (Å²) >= 11 is 0. The summed E-state index contributed by atoms with van der Waals surface area (Å²) in [4.78, 5) is 11.9. The van der Waals surface area contributed by atoms with Crippen molar-refractivity contribution in [1.29, 1.82) is 0 Å². The highest BCUT2D eigenvalue weighted by Gasteiger charge is 2.06. The van der Waals surface area contributed by atoms with Gasteiger partial charge in [0.15, 0.2) is 5.76 Å². The monoisotopic (exact) mass is 281 g/mol. The van der Waals surface area contributed by atoms with Crippen LogP contribution in [0.15, 0.2) is 65.6 Å². The number of hydrogen-bond donors (Lipinski definition) is 1. The molecule has 2 heterocycles. The van der Waals surface area contributed by atoms with E-state index in [4.69, 9.17) is 4.52 Å². The zero-order valence-corrected chi connectivity index (χ0v) is 11.4. The summed E-state index contributed by atoms with van der Waals surface area (Å²) in [7, 11) is 0. The van der Waals surface area contributed by atoms with Crippen molar-refractivity contribution in [2.24, 2.45) is 0 Å². The number of carbonyl (C=O) groups excluding carboxylic acids is 1. The van der Waals surface area contributed by atoms with Crippen molar-refractivity contribution in [2.45, 2.75) is 13.0 Å². The number of anilines is 1. The molecule has 0 aliphatic heterocycles. The number of nitrogens with zero attached hydrogens (tertiary/aromatic N) is 2. The van der Waals surface area contributed by atoms with Crippen molar-refractivity contribution in [2.75, 3.05) is 5.32 Å². The Kier molecular flexibility index (Phi) is 3.82. The molecule has 1 N–H and O–H groups in total. The van der Waals surface area contributed by atoms with Crippen LogP contribution in [0.5, 0.6) is 0 Å². The van der Waals surface area contributed by atoms with Gasteiger partial charge in [-0.2, -0.15) is 0 Å². The molecule has 0 spiro atoms. The summed E-state index contributed by atoms with van der Waals surface area (Å²) in [6.45, 7) is 0.667. The summed E-state index contributed by atoms with van der Waals surface area (Å²) in [5, 5.41) is 6.57. The van der Waals surface area contributed by atoms with E-state index in [0.717, 1.165) is 11.3 Å². The van der Waals surface area contributed by atoms with Crippen molar-refractivity contribution in [3.8, 4) is 11.3 Å². The van der Waals surface area contributed by atoms with E-state index in [-0.39, 0.29) is 5.91 Å². The normalized spacial score (nSPS) is 10.5. The highest BCUT2D eigenvalue weighted by atomic mass is 16.5. The molecule has 0 atom stereocenters. The van der Waals surface area contributed by atoms with Crippen molar-refractivity contribution >= 4 is 11.6 Å². The van der Waals surface area contributed by atoms with Crippen LogP contribution >= 0.6 is 0 Å². The third kappa shape index (κ3) is 3.39. The Hall–Kier alpha value is -2.82. The standard InChI is InChI=1S/C16H15N3O2/c20-16(7-11-19-9-1-2-10-19)18-14-5-3-4-13(12-14)15-6-8-17-21-15/h1-6,8-10,12H,7,11H2,(H,18,20). The van der Waals surface area contributed by atoms with Gasteiger partial charge in [-0.3, -0.25) is 4.79 Å². The molecule has 106 valence electrons. The first-order chi connectivity index (χ1) is 10.3. The Labute approximate surface area is 122 Å². The lowest BCUT2D eigenvalue weighted by Crippen LogP contribution is -2.13. The molecule has 0 aliphatic carbocycles. The average molecular weight is 281 g/mol. The Bertz CT molecular complexity index is 703. The van der Waals surface area contributed by atoms with E-state index in [0.29, 0.717) is 18.7 Å². The van der Waals surface area contributed by atoms with Crippen LogP contribution in [0.25, 0.3) is 11.3 Å². The predicted octanol–water partition coefficient (Wildman–Crippen LogP) is 3.17. The van der Waals surface area contributed by atoms with E-state index >= 15 is 0 Å². The van der Waals surface area contributed by atoms with Crippen molar-refractivity contribution in [3.63, 3.8) is 0 Å². The maximum Gasteiger partial charge on any atom is 0.226 e. The van der Waals surface area contributed by atoms with Gasteiger partial charge in [0.25, 0.3) is 0 Å². The molecule has 0 bridgehead atoms. The van der Waals surface area contributed by atoms with E-state index in [1.165, 1.54) is 0 Å². The van der Waals surface area contributed by atoms with Gasteiger partial charge < -0.3 is 14.4 Å². The van der Waals surface area contributed by atoms with E-state index in [1.807, 2.05) is 53.4 Å². The molecule has 0 radical (unpaired) electrons. The molecule has 0 saturated carbocycles. The van der Waals surface area contributed by atoms with Crippen LogP contribution in [-0.4, -0.2) is 15.6 Å². The summed E-state index contributed by atoms with van der Waals surface area (Å²) < 4.78 is 7.09. The van der Waals surface area contributed by atoms with Crippen molar-refractivity contribution < 1.29 is 9.32 Å². The topological polar surface area (TPSA) is 60.1 Å². The van der Waals surface area contributed by atoms with Gasteiger partial charge in [-0.1, -0.05) is 17.3 Å². The minimum absolute atomic E-state index is 0.0154. The number of hydrogen-bond acceptors (Lipinski definition) is 3. The van der Waals surface area contributed by atoms with Gasteiger partial charge in [-0.25, -0.2) is 0 Å². The molecule has 1 amide bonds. The molecule has 3 aromatic rings. The van der Waals surface area contributed by atoms with E-state index in [2.05, 4.69) is 10.5 Å². The second-order valence-corrected chi connectivity index (χ2v) is 4.68. The number of aromatic nitrogens is 2. The minimum atomic E-state index is -0.0154. The van der Waals surface area contributed by atoms with Crippen LogP contribution in [0.3, 0.4) is 0 Å². The molecule has 0 fully saturated rings. The first kappa shape index (κ1) is 13.2. The third-order valence-corrected chi connectivity index (χ3v) is 3.13. The molecular weight excluding hydrogens is 266 g/mol. The number of amides is 1. The fraction of sp³-hybridized carbons (Fsp3) is 0.125. The molecule has 0 aliphatic rings. The van der Waals surface area contributed by atoms with Crippen LogP contribution in [0, 0.1) is 0 Å². The molecule has 3 rings (SSSR count). The first-order valence-corrected chi connectivity index (χ1v) is 6.73. The molecule has 0 unspecified atom stereocenters. The number of nitrogens with one attached hydrogen (secondary N) is 1. The van der Waals surface area contributed by atoms with Gasteiger partial charge in [0, 0.05) is 42.7 Å². The summed E-state index contributed by atoms with van der Waals surface area (Å²) in [6, 6.07) is 13.2. The van der Waals surface area contributed by atoms with Gasteiger partial charge in [0.05, 0.1) is 6.20 Å². The fourth-order valence-corrected chi connectivity index (χ4v) is 2.09. The lowest BCUT2D eigenvalue weighted by Gasteiger charge is -2.07. The zero-order valence-electron chi connectivity index (χ0n) is 11.4. The second kappa shape index (κ2) is 6.09. The third-order valence-electron chi connectivity index (χ3n) is 3.13. The minimum Gasteiger partial charge on any atom is -0.356 e. The molecule has 5 nitrogen and oxygen atoms in total. The predicted molar refractivity (Wildman–Crippen MR) is 79.6 cm³/mol. The zero-order chi connectivity index (χ0) is 14.5. The number of carbonyl (C=O) groups is 1. The van der Waals surface area contributed by atoms with E-state index < -0.39 is 0 Å². The van der Waals surface area contributed by atoms with E-state index in [9.17, 15) is 4.79 Å². The largest absolute Gasteiger partial charge is 0.356 e. The fourth-order valence-electron chi connectivity index (χ4n) is 2.09. The van der Waals surface area contributed by atoms with Gasteiger partial charge in [0.1, 0.15) is 0 Å². The Morgan fingerprint density at radius 3 is 2.81 bits per heavy atom. The van der Waals surface area contributed by atoms with E-state index in [1.54, 1.807) is 12.3 Å². The molecule has 5 heteroatoms.